The van der Waals surface area contributed by atoms with Gasteiger partial charge in [0.05, 0.1) is 18.6 Å². The van der Waals surface area contributed by atoms with Crippen LogP contribution in [0.2, 0.25) is 0 Å². The van der Waals surface area contributed by atoms with Crippen molar-refractivity contribution < 1.29 is 5.11 Å². The fourth-order valence-electron chi connectivity index (χ4n) is 3.76. The summed E-state index contributed by atoms with van der Waals surface area (Å²) in [7, 11) is 3.44. The highest BCUT2D eigenvalue weighted by molar-refractivity contribution is 5.69. The second-order valence-corrected chi connectivity index (χ2v) is 8.06. The Kier molecular flexibility index (Phi) is 9.10. The quantitative estimate of drug-likeness (QED) is 0.497. The maximum Gasteiger partial charge on any atom is 0.333 e. The summed E-state index contributed by atoms with van der Waals surface area (Å²) in [5, 5.41) is 12.7. The van der Waals surface area contributed by atoms with E-state index in [2.05, 4.69) is 17.2 Å². The molecule has 2 unspecified atom stereocenters. The number of hydrogen-bond donors (Lipinski definition) is 2. The Hall–Kier alpha value is -1.93. The molecule has 29 heavy (non-hydrogen) atoms. The molecule has 0 aliphatic heterocycles. The number of nitrogens with zero attached hydrogens (tertiary/aromatic N) is 4. The number of hydrogen-bond acceptors (Lipinski definition) is 5. The van der Waals surface area contributed by atoms with Crippen LogP contribution in [0, 0.1) is 0 Å². The minimum atomic E-state index is -0.326. The number of aromatic nitrogens is 4. The summed E-state index contributed by atoms with van der Waals surface area (Å²) in [5.41, 5.74) is 0.265. The van der Waals surface area contributed by atoms with E-state index in [1.807, 2.05) is 6.92 Å². The zero-order chi connectivity index (χ0) is 21.4. The van der Waals surface area contributed by atoms with E-state index < -0.39 is 0 Å². The molecular formula is C21H37N5O3. The first-order valence-electron chi connectivity index (χ1n) is 10.9. The van der Waals surface area contributed by atoms with E-state index in [0.29, 0.717) is 11.2 Å². The first-order valence-corrected chi connectivity index (χ1v) is 10.9. The molecule has 2 aromatic rings. The van der Waals surface area contributed by atoms with E-state index in [1.54, 1.807) is 25.0 Å². The van der Waals surface area contributed by atoms with Crippen LogP contribution in [-0.4, -0.2) is 36.4 Å². The van der Waals surface area contributed by atoms with Gasteiger partial charge in [0.2, 0.25) is 0 Å². The minimum Gasteiger partial charge on any atom is -0.393 e. The molecule has 0 aromatic carbocycles. The van der Waals surface area contributed by atoms with Gasteiger partial charge >= 0.3 is 5.69 Å². The van der Waals surface area contributed by atoms with E-state index in [4.69, 9.17) is 0 Å². The molecule has 2 N–H and O–H groups in total. The minimum absolute atomic E-state index is 0.210. The standard InChI is InChI=1S/C21H37N5O3/c1-5-14-22-17(13-11-9-7-6-8-10-12-16(2)27)26-20(28)18-19(23-15-24(18)3)25(4)21(26)29/h15-17,22,27H,5-14H2,1-4H3. The van der Waals surface area contributed by atoms with Crippen LogP contribution in [0.5, 0.6) is 0 Å². The monoisotopic (exact) mass is 407 g/mol. The Morgan fingerprint density at radius 3 is 2.31 bits per heavy atom. The van der Waals surface area contributed by atoms with Gasteiger partial charge in [0.25, 0.3) is 5.56 Å². The Balaban J connectivity index is 2.06. The molecule has 2 rings (SSSR count). The van der Waals surface area contributed by atoms with Gasteiger partial charge in [-0.2, -0.15) is 0 Å². The molecule has 0 fully saturated rings. The second-order valence-electron chi connectivity index (χ2n) is 8.06. The van der Waals surface area contributed by atoms with Crippen molar-refractivity contribution in [3.63, 3.8) is 0 Å². The van der Waals surface area contributed by atoms with Crippen molar-refractivity contribution in [2.75, 3.05) is 6.54 Å². The molecule has 0 aliphatic rings. The van der Waals surface area contributed by atoms with Crippen molar-refractivity contribution in [1.82, 2.24) is 24.0 Å². The predicted molar refractivity (Wildman–Crippen MR) is 116 cm³/mol. The third kappa shape index (κ3) is 6.02. The molecule has 8 heteroatoms. The largest absolute Gasteiger partial charge is 0.393 e. The molecule has 2 atom stereocenters. The lowest BCUT2D eigenvalue weighted by molar-refractivity contribution is 0.180. The molecule has 8 nitrogen and oxygen atoms in total. The van der Waals surface area contributed by atoms with Crippen LogP contribution in [0.3, 0.4) is 0 Å². The molecule has 0 saturated heterocycles. The zero-order valence-electron chi connectivity index (χ0n) is 18.4. The van der Waals surface area contributed by atoms with Crippen LogP contribution < -0.4 is 16.6 Å². The molecule has 2 heterocycles. The number of aryl methyl sites for hydroxylation is 2. The highest BCUT2D eigenvalue weighted by Gasteiger charge is 2.20. The molecule has 0 bridgehead atoms. The van der Waals surface area contributed by atoms with Crippen LogP contribution in [0.4, 0.5) is 0 Å². The van der Waals surface area contributed by atoms with Gasteiger partial charge in [0.15, 0.2) is 11.2 Å². The van der Waals surface area contributed by atoms with Crippen molar-refractivity contribution in [3.8, 4) is 0 Å². The van der Waals surface area contributed by atoms with E-state index in [-0.39, 0.29) is 23.5 Å². The maximum atomic E-state index is 13.1. The van der Waals surface area contributed by atoms with Crippen LogP contribution in [0.1, 0.15) is 77.8 Å². The van der Waals surface area contributed by atoms with E-state index in [9.17, 15) is 14.7 Å². The summed E-state index contributed by atoms with van der Waals surface area (Å²) < 4.78 is 4.50. The summed E-state index contributed by atoms with van der Waals surface area (Å²) in [6, 6.07) is 0. The fraction of sp³-hybridized carbons (Fsp3) is 0.762. The van der Waals surface area contributed by atoms with Gasteiger partial charge in [-0.3, -0.25) is 14.7 Å². The molecule has 0 amide bonds. The summed E-state index contributed by atoms with van der Waals surface area (Å²) in [5.74, 6) is 0. The first kappa shape index (κ1) is 23.3. The van der Waals surface area contributed by atoms with Gasteiger partial charge in [0, 0.05) is 14.1 Å². The summed E-state index contributed by atoms with van der Waals surface area (Å²) in [4.78, 5) is 30.2. The highest BCUT2D eigenvalue weighted by atomic mass is 16.3. The van der Waals surface area contributed by atoms with Gasteiger partial charge in [-0.1, -0.05) is 45.4 Å². The average molecular weight is 408 g/mol. The lowest BCUT2D eigenvalue weighted by atomic mass is 10.1. The normalized spacial score (nSPS) is 13.8. The number of imidazole rings is 1. The molecule has 2 aromatic heterocycles. The van der Waals surface area contributed by atoms with Crippen molar-refractivity contribution in [2.45, 2.75) is 83.9 Å². The van der Waals surface area contributed by atoms with Crippen LogP contribution in [0.25, 0.3) is 11.2 Å². The average Bonchev–Trinajstić information content (AvgIpc) is 3.07. The Bertz CT molecular complexity index is 881. The summed E-state index contributed by atoms with van der Waals surface area (Å²) in [6.07, 6.45) is 10.1. The second kappa shape index (κ2) is 11.3. The zero-order valence-corrected chi connectivity index (χ0v) is 18.4. The highest BCUT2D eigenvalue weighted by Crippen LogP contribution is 2.15. The number of aliphatic hydroxyl groups excluding tert-OH is 1. The Labute approximate surface area is 172 Å². The Morgan fingerprint density at radius 2 is 1.69 bits per heavy atom. The number of unbranched alkanes of at least 4 members (excludes halogenated alkanes) is 5. The lowest BCUT2D eigenvalue weighted by Crippen LogP contribution is -2.46. The van der Waals surface area contributed by atoms with E-state index >= 15 is 0 Å². The molecular weight excluding hydrogens is 370 g/mol. The molecule has 0 saturated carbocycles. The van der Waals surface area contributed by atoms with Crippen LogP contribution >= 0.6 is 0 Å². The first-order chi connectivity index (χ1) is 13.9. The van der Waals surface area contributed by atoms with Gasteiger partial charge in [0.1, 0.15) is 0 Å². The summed E-state index contributed by atoms with van der Waals surface area (Å²) >= 11 is 0. The van der Waals surface area contributed by atoms with E-state index in [1.165, 1.54) is 9.13 Å². The maximum absolute atomic E-state index is 13.1. The lowest BCUT2D eigenvalue weighted by Gasteiger charge is -2.21. The number of nitrogens with one attached hydrogen (secondary N) is 1. The smallest absolute Gasteiger partial charge is 0.333 e. The van der Waals surface area contributed by atoms with Crippen molar-refractivity contribution in [1.29, 1.82) is 0 Å². The molecule has 0 radical (unpaired) electrons. The van der Waals surface area contributed by atoms with Crippen molar-refractivity contribution >= 4 is 11.2 Å². The number of fused-ring (bicyclic) bond motifs is 1. The van der Waals surface area contributed by atoms with Crippen molar-refractivity contribution in [3.05, 3.63) is 27.2 Å². The van der Waals surface area contributed by atoms with Gasteiger partial charge < -0.3 is 9.67 Å². The van der Waals surface area contributed by atoms with Crippen molar-refractivity contribution in [2.24, 2.45) is 14.1 Å². The van der Waals surface area contributed by atoms with E-state index in [0.717, 1.165) is 64.3 Å². The molecule has 164 valence electrons. The molecule has 0 spiro atoms. The van der Waals surface area contributed by atoms with Gasteiger partial charge in [-0.05, 0) is 32.7 Å². The third-order valence-corrected chi connectivity index (χ3v) is 5.44. The van der Waals surface area contributed by atoms with Crippen LogP contribution in [-0.2, 0) is 14.1 Å². The topological polar surface area (TPSA) is 94.1 Å². The van der Waals surface area contributed by atoms with Gasteiger partial charge in [-0.25, -0.2) is 14.3 Å². The molecule has 0 aliphatic carbocycles. The van der Waals surface area contributed by atoms with Crippen LogP contribution in [0.15, 0.2) is 15.9 Å². The SMILES string of the molecule is CCCNC(CCCCCCCCC(C)O)n1c(=O)c2c(ncn2C)n(C)c1=O. The third-order valence-electron chi connectivity index (χ3n) is 5.44. The number of aliphatic hydroxyl groups is 1. The van der Waals surface area contributed by atoms with Gasteiger partial charge in [-0.15, -0.1) is 0 Å². The number of rotatable bonds is 13. The Morgan fingerprint density at radius 1 is 1.07 bits per heavy atom. The fourth-order valence-corrected chi connectivity index (χ4v) is 3.76. The predicted octanol–water partition coefficient (Wildman–Crippen LogP) is 2.43. The summed E-state index contributed by atoms with van der Waals surface area (Å²) in [6.45, 7) is 4.66.